The lowest BCUT2D eigenvalue weighted by molar-refractivity contribution is -0.136. The van der Waals surface area contributed by atoms with Crippen molar-refractivity contribution in [2.75, 3.05) is 0 Å². The molecule has 0 radical (unpaired) electrons. The fourth-order valence-electron chi connectivity index (χ4n) is 7.41. The van der Waals surface area contributed by atoms with Gasteiger partial charge in [-0.05, 0) is 50.7 Å². The number of aromatic nitrogens is 2. The van der Waals surface area contributed by atoms with Crippen LogP contribution in [0.1, 0.15) is 114 Å². The van der Waals surface area contributed by atoms with E-state index in [-0.39, 0.29) is 24.4 Å². The normalized spacial score (nSPS) is 26.3. The van der Waals surface area contributed by atoms with E-state index in [4.69, 9.17) is 4.98 Å². The molecule has 0 spiro atoms. The second-order valence-corrected chi connectivity index (χ2v) is 12.0. The number of carbonyl (C=O) groups is 1. The van der Waals surface area contributed by atoms with Gasteiger partial charge < -0.3 is 9.67 Å². The molecule has 2 aliphatic heterocycles. The SMILES string of the molecule is O=C(O)CC/C(=N\I)c1nc2ccccc2n(C2C[C@H]3CCC[C@@H](C2)N3C2CCCCCCCCC2)c1=O. The zero-order valence-corrected chi connectivity index (χ0v) is 24.5. The van der Waals surface area contributed by atoms with Crippen LogP contribution in [0, 0.1) is 0 Å². The summed E-state index contributed by atoms with van der Waals surface area (Å²) in [6.07, 6.45) is 18.1. The van der Waals surface area contributed by atoms with Gasteiger partial charge in [0.15, 0.2) is 5.69 Å². The monoisotopic (exact) mass is 632 g/mol. The van der Waals surface area contributed by atoms with E-state index in [0.717, 1.165) is 23.9 Å². The molecule has 2 aromatic rings. The van der Waals surface area contributed by atoms with Gasteiger partial charge in [0.2, 0.25) is 0 Å². The molecule has 1 saturated carbocycles. The fraction of sp³-hybridized carbons (Fsp3) is 0.667. The third-order valence-corrected chi connectivity index (χ3v) is 9.70. The van der Waals surface area contributed by atoms with E-state index in [2.05, 4.69) is 8.11 Å². The number of halogens is 1. The molecule has 5 rings (SSSR count). The summed E-state index contributed by atoms with van der Waals surface area (Å²) >= 11 is 1.87. The number of benzene rings is 1. The largest absolute Gasteiger partial charge is 0.481 e. The van der Waals surface area contributed by atoms with Crippen LogP contribution in [0.4, 0.5) is 0 Å². The molecule has 1 unspecified atom stereocenters. The number of rotatable bonds is 6. The van der Waals surface area contributed by atoms with Crippen LogP contribution in [0.5, 0.6) is 0 Å². The van der Waals surface area contributed by atoms with Gasteiger partial charge in [0.05, 0.1) is 46.0 Å². The number of piperidine rings is 2. The summed E-state index contributed by atoms with van der Waals surface area (Å²) in [6.45, 7) is 0. The molecule has 2 saturated heterocycles. The number of carboxylic acid groups (broad SMARTS) is 1. The molecule has 8 heteroatoms. The van der Waals surface area contributed by atoms with Crippen molar-refractivity contribution in [2.24, 2.45) is 3.21 Å². The summed E-state index contributed by atoms with van der Waals surface area (Å²) in [5.41, 5.74) is 2.30. The Labute approximate surface area is 239 Å². The van der Waals surface area contributed by atoms with Crippen LogP contribution in [0.3, 0.4) is 0 Å². The third kappa shape index (κ3) is 6.16. The first-order valence-corrected chi connectivity index (χ1v) is 15.7. The van der Waals surface area contributed by atoms with Gasteiger partial charge in [-0.1, -0.05) is 63.5 Å². The van der Waals surface area contributed by atoms with Gasteiger partial charge in [0.1, 0.15) is 0 Å². The number of hydrogen-bond donors (Lipinski definition) is 1. The van der Waals surface area contributed by atoms with E-state index in [9.17, 15) is 14.7 Å². The summed E-state index contributed by atoms with van der Waals surface area (Å²) in [6, 6.07) is 9.73. The highest BCUT2D eigenvalue weighted by molar-refractivity contribution is 14.1. The van der Waals surface area contributed by atoms with Gasteiger partial charge in [0.25, 0.3) is 5.56 Å². The molecule has 38 heavy (non-hydrogen) atoms. The molecule has 3 atom stereocenters. The lowest BCUT2D eigenvalue weighted by Gasteiger charge is -2.53. The smallest absolute Gasteiger partial charge is 0.303 e. The van der Waals surface area contributed by atoms with Crippen LogP contribution in [-0.4, -0.2) is 49.4 Å². The summed E-state index contributed by atoms with van der Waals surface area (Å²) < 4.78 is 6.28. The minimum Gasteiger partial charge on any atom is -0.481 e. The van der Waals surface area contributed by atoms with Crippen LogP contribution in [0.15, 0.2) is 32.3 Å². The molecule has 206 valence electrons. The Balaban J connectivity index is 1.47. The maximum Gasteiger partial charge on any atom is 0.303 e. The molecular weight excluding hydrogens is 591 g/mol. The second kappa shape index (κ2) is 13.0. The van der Waals surface area contributed by atoms with Crippen molar-refractivity contribution in [3.8, 4) is 0 Å². The Morgan fingerprint density at radius 3 is 2.11 bits per heavy atom. The average Bonchev–Trinajstić information content (AvgIpc) is 2.91. The maximum atomic E-state index is 14.0. The number of carboxylic acids is 1. The number of hydrogen-bond acceptors (Lipinski definition) is 5. The molecule has 7 nitrogen and oxygen atoms in total. The van der Waals surface area contributed by atoms with E-state index in [1.807, 2.05) is 51.7 Å². The van der Waals surface area contributed by atoms with E-state index < -0.39 is 5.97 Å². The van der Waals surface area contributed by atoms with Gasteiger partial charge in [-0.15, -0.1) is 0 Å². The van der Waals surface area contributed by atoms with Crippen LogP contribution in [0.2, 0.25) is 0 Å². The topological polar surface area (TPSA) is 87.8 Å². The number of fused-ring (bicyclic) bond motifs is 3. The van der Waals surface area contributed by atoms with Crippen LogP contribution in [-0.2, 0) is 4.79 Å². The number of para-hydroxylation sites is 2. The fourth-order valence-corrected chi connectivity index (χ4v) is 7.88. The zero-order valence-electron chi connectivity index (χ0n) is 22.4. The molecule has 1 N–H and O–H groups in total. The lowest BCUT2D eigenvalue weighted by atomic mass is 9.79. The third-order valence-electron chi connectivity index (χ3n) is 9.11. The van der Waals surface area contributed by atoms with Crippen molar-refractivity contribution in [1.82, 2.24) is 14.5 Å². The van der Waals surface area contributed by atoms with E-state index in [0.29, 0.717) is 29.5 Å². The van der Waals surface area contributed by atoms with Gasteiger partial charge >= 0.3 is 5.97 Å². The molecule has 2 bridgehead atoms. The molecule has 3 heterocycles. The highest BCUT2D eigenvalue weighted by Crippen LogP contribution is 2.42. The summed E-state index contributed by atoms with van der Waals surface area (Å²) in [5, 5.41) is 9.23. The first kappa shape index (κ1) is 27.7. The molecule has 0 amide bonds. The van der Waals surface area contributed by atoms with E-state index in [1.165, 1.54) is 77.0 Å². The minimum absolute atomic E-state index is 0.0697. The Morgan fingerprint density at radius 1 is 0.868 bits per heavy atom. The summed E-state index contributed by atoms with van der Waals surface area (Å²) in [4.78, 5) is 32.9. The Bertz CT molecular complexity index is 1190. The summed E-state index contributed by atoms with van der Waals surface area (Å²) in [5.74, 6) is -0.899. The van der Waals surface area contributed by atoms with Crippen molar-refractivity contribution >= 4 is 45.6 Å². The van der Waals surface area contributed by atoms with Gasteiger partial charge in [-0.2, -0.15) is 0 Å². The quantitative estimate of drug-likeness (QED) is 0.278. The molecule has 3 fully saturated rings. The van der Waals surface area contributed by atoms with E-state index >= 15 is 0 Å². The predicted molar refractivity (Wildman–Crippen MR) is 160 cm³/mol. The van der Waals surface area contributed by atoms with Crippen LogP contribution in [0.25, 0.3) is 11.0 Å². The van der Waals surface area contributed by atoms with E-state index in [1.54, 1.807) is 0 Å². The Kier molecular flexibility index (Phi) is 9.51. The van der Waals surface area contributed by atoms with Crippen molar-refractivity contribution in [2.45, 2.75) is 127 Å². The van der Waals surface area contributed by atoms with Gasteiger partial charge in [-0.25, -0.2) is 8.19 Å². The van der Waals surface area contributed by atoms with Crippen LogP contribution >= 0.6 is 22.9 Å². The Hall–Kier alpha value is -1.81. The number of nitrogens with zero attached hydrogens (tertiary/aromatic N) is 4. The van der Waals surface area contributed by atoms with Gasteiger partial charge in [-0.3, -0.25) is 14.5 Å². The lowest BCUT2D eigenvalue weighted by Crippen LogP contribution is -2.57. The molecule has 1 aliphatic carbocycles. The van der Waals surface area contributed by atoms with Crippen molar-refractivity contribution in [3.05, 3.63) is 40.3 Å². The molecule has 1 aromatic carbocycles. The zero-order chi connectivity index (χ0) is 26.5. The minimum atomic E-state index is -0.899. The maximum absolute atomic E-state index is 14.0. The highest BCUT2D eigenvalue weighted by Gasteiger charge is 2.42. The predicted octanol–water partition coefficient (Wildman–Crippen LogP) is 6.85. The van der Waals surface area contributed by atoms with Gasteiger partial charge in [0, 0.05) is 30.6 Å². The second-order valence-electron chi connectivity index (χ2n) is 11.6. The Morgan fingerprint density at radius 2 is 1.47 bits per heavy atom. The van der Waals surface area contributed by atoms with Crippen molar-refractivity contribution < 1.29 is 9.90 Å². The molecule has 3 aliphatic rings. The number of aliphatic carboxylic acids is 1. The average molecular weight is 633 g/mol. The molecular formula is C30H41IN4O3. The van der Waals surface area contributed by atoms with Crippen molar-refractivity contribution in [3.63, 3.8) is 0 Å². The summed E-state index contributed by atoms with van der Waals surface area (Å²) in [7, 11) is 0. The van der Waals surface area contributed by atoms with Crippen LogP contribution < -0.4 is 5.56 Å². The van der Waals surface area contributed by atoms with Crippen molar-refractivity contribution in [1.29, 1.82) is 0 Å². The molecule has 1 aromatic heterocycles. The highest BCUT2D eigenvalue weighted by atomic mass is 127. The first-order chi connectivity index (χ1) is 18.6. The first-order valence-electron chi connectivity index (χ1n) is 14.8. The standard InChI is InChI=1S/C30H41IN4O3/c31-33-26(17-18-28(36)37)29-30(38)35(27-16-9-8-15-25(27)32-29)24-19-22-13-10-14-23(20-24)34(22)21-11-6-4-2-1-3-5-7-12-21/h8-9,15-16,21-24H,1-7,10-14,17-20H2,(H,36,37)/b33-26+/t22-,23+,24?.